The van der Waals surface area contributed by atoms with Crippen molar-refractivity contribution in [3.05, 3.63) is 96.6 Å². The molecule has 0 saturated carbocycles. The molecule has 2 N–H and O–H groups in total. The molecule has 5 rings (SSSR count). The van der Waals surface area contributed by atoms with E-state index in [0.717, 1.165) is 23.4 Å². The maximum absolute atomic E-state index is 4.51. The van der Waals surface area contributed by atoms with Crippen LogP contribution in [0, 0.1) is 0 Å². The third kappa shape index (κ3) is 2.83. The molecule has 0 bridgehead atoms. The smallest absolute Gasteiger partial charge is 0.152 e. The molecule has 27 heavy (non-hydrogen) atoms. The van der Waals surface area contributed by atoms with Crippen LogP contribution in [0.25, 0.3) is 16.4 Å². The molecule has 1 unspecified atom stereocenters. The van der Waals surface area contributed by atoms with Gasteiger partial charge in [-0.05, 0) is 23.3 Å². The summed E-state index contributed by atoms with van der Waals surface area (Å²) in [5.74, 6) is 1.04. The van der Waals surface area contributed by atoms with Gasteiger partial charge in [-0.25, -0.2) is 9.50 Å². The first-order chi connectivity index (χ1) is 13.4. The van der Waals surface area contributed by atoms with Crippen molar-refractivity contribution in [1.82, 2.24) is 19.6 Å². The fourth-order valence-corrected chi connectivity index (χ4v) is 3.67. The molecule has 3 aromatic heterocycles. The summed E-state index contributed by atoms with van der Waals surface area (Å²) < 4.78 is 1.83. The number of anilines is 1. The van der Waals surface area contributed by atoms with Crippen molar-refractivity contribution >= 4 is 22.2 Å². The largest absolute Gasteiger partial charge is 0.367 e. The highest BCUT2D eigenvalue weighted by molar-refractivity contribution is 5.84. The fourth-order valence-electron chi connectivity index (χ4n) is 3.67. The Balaban J connectivity index is 1.54. The molecule has 0 amide bonds. The molecule has 0 aliphatic heterocycles. The molecule has 0 fully saturated rings. The van der Waals surface area contributed by atoms with Gasteiger partial charge >= 0.3 is 0 Å². The van der Waals surface area contributed by atoms with Crippen molar-refractivity contribution in [2.24, 2.45) is 0 Å². The Morgan fingerprint density at radius 3 is 2.74 bits per heavy atom. The number of para-hydroxylation sites is 1. The van der Waals surface area contributed by atoms with E-state index in [-0.39, 0.29) is 5.92 Å². The van der Waals surface area contributed by atoms with E-state index < -0.39 is 0 Å². The quantitative estimate of drug-likeness (QED) is 0.491. The second-order valence-electron chi connectivity index (χ2n) is 6.57. The van der Waals surface area contributed by atoms with Gasteiger partial charge in [0.2, 0.25) is 0 Å². The Hall–Kier alpha value is -3.60. The van der Waals surface area contributed by atoms with E-state index >= 15 is 0 Å². The summed E-state index contributed by atoms with van der Waals surface area (Å²) in [6, 6.07) is 21.0. The van der Waals surface area contributed by atoms with Gasteiger partial charge in [0.1, 0.15) is 5.52 Å². The molecule has 132 valence electrons. The number of hydrogen-bond acceptors (Lipinski definition) is 3. The summed E-state index contributed by atoms with van der Waals surface area (Å²) in [6.07, 6.45) is 7.54. The average molecular weight is 353 g/mol. The molecule has 5 nitrogen and oxygen atoms in total. The summed E-state index contributed by atoms with van der Waals surface area (Å²) in [5, 5.41) is 9.08. The van der Waals surface area contributed by atoms with Crippen molar-refractivity contribution in [3.63, 3.8) is 0 Å². The minimum Gasteiger partial charge on any atom is -0.367 e. The zero-order valence-electron chi connectivity index (χ0n) is 14.7. The summed E-state index contributed by atoms with van der Waals surface area (Å²) in [6.45, 7) is 0.740. The van der Waals surface area contributed by atoms with Gasteiger partial charge in [0, 0.05) is 42.0 Å². The van der Waals surface area contributed by atoms with Crippen LogP contribution in [-0.2, 0) is 0 Å². The predicted molar refractivity (Wildman–Crippen MR) is 108 cm³/mol. The first kappa shape index (κ1) is 15.6. The number of hydrogen-bond donors (Lipinski definition) is 2. The molecule has 5 aromatic rings. The summed E-state index contributed by atoms with van der Waals surface area (Å²) in [7, 11) is 0. The van der Waals surface area contributed by atoms with E-state index in [9.17, 15) is 0 Å². The lowest BCUT2D eigenvalue weighted by molar-refractivity contribution is 0.852. The van der Waals surface area contributed by atoms with E-state index in [1.54, 1.807) is 12.4 Å². The zero-order valence-corrected chi connectivity index (χ0v) is 14.7. The molecule has 0 spiro atoms. The zero-order chi connectivity index (χ0) is 18.1. The van der Waals surface area contributed by atoms with Crippen LogP contribution in [0.5, 0.6) is 0 Å². The molecule has 0 saturated heterocycles. The van der Waals surface area contributed by atoms with Gasteiger partial charge in [-0.2, -0.15) is 5.10 Å². The fraction of sp³-hybridized carbons (Fsp3) is 0.0909. The summed E-state index contributed by atoms with van der Waals surface area (Å²) >= 11 is 0. The Kier molecular flexibility index (Phi) is 3.83. The lowest BCUT2D eigenvalue weighted by atomic mass is 9.91. The van der Waals surface area contributed by atoms with Crippen LogP contribution in [0.1, 0.15) is 17.0 Å². The second kappa shape index (κ2) is 6.61. The third-order valence-corrected chi connectivity index (χ3v) is 5.00. The maximum atomic E-state index is 4.51. The van der Waals surface area contributed by atoms with E-state index in [4.69, 9.17) is 0 Å². The van der Waals surface area contributed by atoms with E-state index in [1.165, 1.54) is 16.5 Å². The van der Waals surface area contributed by atoms with Gasteiger partial charge in [-0.3, -0.25) is 0 Å². The summed E-state index contributed by atoms with van der Waals surface area (Å²) in [5.41, 5.74) is 4.69. The average Bonchev–Trinajstić information content (AvgIpc) is 3.37. The number of benzene rings is 2. The molecule has 0 radical (unpaired) electrons. The van der Waals surface area contributed by atoms with Crippen LogP contribution in [-0.4, -0.2) is 26.1 Å². The summed E-state index contributed by atoms with van der Waals surface area (Å²) in [4.78, 5) is 7.91. The molecule has 2 aromatic carbocycles. The monoisotopic (exact) mass is 353 g/mol. The molecular formula is C22H19N5. The second-order valence-corrected chi connectivity index (χ2v) is 6.57. The Morgan fingerprint density at radius 2 is 1.81 bits per heavy atom. The van der Waals surface area contributed by atoms with E-state index in [2.05, 4.69) is 81.2 Å². The van der Waals surface area contributed by atoms with Crippen LogP contribution in [0.3, 0.4) is 0 Å². The minimum absolute atomic E-state index is 0.201. The molecule has 5 heteroatoms. The predicted octanol–water partition coefficient (Wildman–Crippen LogP) is 4.45. The van der Waals surface area contributed by atoms with Crippen molar-refractivity contribution in [2.75, 3.05) is 11.9 Å². The number of nitrogens with one attached hydrogen (secondary N) is 2. The van der Waals surface area contributed by atoms with Gasteiger partial charge in [0.15, 0.2) is 5.82 Å². The molecular weight excluding hydrogens is 334 g/mol. The van der Waals surface area contributed by atoms with Crippen molar-refractivity contribution in [1.29, 1.82) is 0 Å². The minimum atomic E-state index is 0.201. The first-order valence-electron chi connectivity index (χ1n) is 9.03. The highest BCUT2D eigenvalue weighted by Crippen LogP contribution is 2.31. The van der Waals surface area contributed by atoms with Crippen LogP contribution < -0.4 is 5.32 Å². The van der Waals surface area contributed by atoms with Crippen molar-refractivity contribution in [2.45, 2.75) is 5.92 Å². The number of nitrogens with zero attached hydrogens (tertiary/aromatic N) is 3. The first-order valence-corrected chi connectivity index (χ1v) is 9.03. The SMILES string of the molecule is c1ccc(C(CNc2nccn3nccc23)c2c[nH]c3ccccc23)cc1. The van der Waals surface area contributed by atoms with E-state index in [1.807, 2.05) is 16.8 Å². The lowest BCUT2D eigenvalue weighted by Gasteiger charge is -2.19. The van der Waals surface area contributed by atoms with Gasteiger partial charge in [-0.15, -0.1) is 0 Å². The Labute approximate surface area is 156 Å². The van der Waals surface area contributed by atoms with Crippen LogP contribution in [0.2, 0.25) is 0 Å². The molecule has 0 aliphatic carbocycles. The van der Waals surface area contributed by atoms with Crippen LogP contribution in [0.4, 0.5) is 5.82 Å². The Bertz CT molecular complexity index is 1190. The molecule has 1 atom stereocenters. The molecule has 0 aliphatic rings. The number of aromatic amines is 1. The maximum Gasteiger partial charge on any atom is 0.152 e. The Morgan fingerprint density at radius 1 is 0.963 bits per heavy atom. The molecule has 3 heterocycles. The van der Waals surface area contributed by atoms with Gasteiger partial charge in [0.05, 0.1) is 6.20 Å². The van der Waals surface area contributed by atoms with Crippen molar-refractivity contribution in [3.8, 4) is 0 Å². The standard InChI is InChI=1S/C22H19N5/c1-2-6-16(7-3-1)18(19-15-24-20-9-5-4-8-17(19)20)14-25-22-21-10-11-26-27(21)13-12-23-22/h1-13,15,18,24H,14H2,(H,23,25). The van der Waals surface area contributed by atoms with Gasteiger partial charge in [-0.1, -0.05) is 48.5 Å². The van der Waals surface area contributed by atoms with Crippen LogP contribution in [0.15, 0.2) is 85.5 Å². The number of H-pyrrole nitrogens is 1. The number of fused-ring (bicyclic) bond motifs is 2. The highest BCUT2D eigenvalue weighted by Gasteiger charge is 2.18. The van der Waals surface area contributed by atoms with Crippen LogP contribution >= 0.6 is 0 Å². The number of aromatic nitrogens is 4. The van der Waals surface area contributed by atoms with E-state index in [0.29, 0.717) is 0 Å². The van der Waals surface area contributed by atoms with Gasteiger partial charge in [0.25, 0.3) is 0 Å². The number of rotatable bonds is 5. The van der Waals surface area contributed by atoms with Crippen molar-refractivity contribution < 1.29 is 0 Å². The topological polar surface area (TPSA) is 58.0 Å². The third-order valence-electron chi connectivity index (χ3n) is 5.00. The van der Waals surface area contributed by atoms with Gasteiger partial charge < -0.3 is 10.3 Å². The highest BCUT2D eigenvalue weighted by atomic mass is 15.2. The lowest BCUT2D eigenvalue weighted by Crippen LogP contribution is -2.15. The normalized spacial score (nSPS) is 12.4.